The summed E-state index contributed by atoms with van der Waals surface area (Å²) in [7, 11) is 1.97. The Morgan fingerprint density at radius 3 is 2.48 bits per heavy atom. The summed E-state index contributed by atoms with van der Waals surface area (Å²) in [6.45, 7) is 3.74. The molecule has 2 N–H and O–H groups in total. The Hall–Kier alpha value is -3.08. The molecule has 3 aromatic rings. The molecule has 1 aliphatic rings. The highest BCUT2D eigenvalue weighted by Gasteiger charge is 2.26. The molecule has 1 aromatic heterocycles. The number of primary amides is 1. The number of fused-ring (bicyclic) bond motifs is 1. The summed E-state index contributed by atoms with van der Waals surface area (Å²) in [5, 5.41) is 0.852. The second kappa shape index (κ2) is 8.58. The third-order valence-corrected chi connectivity index (χ3v) is 6.55. The fourth-order valence-electron chi connectivity index (χ4n) is 4.82. The van der Waals surface area contributed by atoms with Gasteiger partial charge in [0.2, 0.25) is 0 Å². The number of Topliss-reactive ketones (excluding diaryl/α,β-unsaturated/α-hetero) is 1. The first-order chi connectivity index (χ1) is 14.8. The standard InChI is InChI=1S/C26H30N2O3/c1-16-5-4-6-18(13-16)14-24-25(26(27)30)22-12-11-21(15-23(22)28(24)3)31-20-9-7-19(8-10-20)17(2)29/h4-6,11-13,15,19-20H,7-10,14H2,1-3H3,(H2,27,30)/t19-,20+. The number of nitrogens with zero attached hydrogens (tertiary/aromatic N) is 1. The summed E-state index contributed by atoms with van der Waals surface area (Å²) in [4.78, 5) is 23.9. The number of rotatable bonds is 6. The van der Waals surface area contributed by atoms with Crippen molar-refractivity contribution in [3.05, 3.63) is 64.8 Å². The molecule has 0 aliphatic heterocycles. The van der Waals surface area contributed by atoms with Crippen LogP contribution in [0.15, 0.2) is 42.5 Å². The zero-order valence-corrected chi connectivity index (χ0v) is 18.5. The van der Waals surface area contributed by atoms with Crippen molar-refractivity contribution in [2.75, 3.05) is 0 Å². The van der Waals surface area contributed by atoms with Crippen molar-refractivity contribution < 1.29 is 14.3 Å². The molecule has 4 rings (SSSR count). The topological polar surface area (TPSA) is 74.3 Å². The van der Waals surface area contributed by atoms with Crippen molar-refractivity contribution in [3.63, 3.8) is 0 Å². The molecule has 1 aliphatic carbocycles. The van der Waals surface area contributed by atoms with Gasteiger partial charge in [-0.05, 0) is 57.2 Å². The molecule has 5 heteroatoms. The highest BCUT2D eigenvalue weighted by Crippen LogP contribution is 2.33. The zero-order valence-electron chi connectivity index (χ0n) is 18.5. The predicted octanol–water partition coefficient (Wildman–Crippen LogP) is 4.70. The molecule has 1 saturated carbocycles. The van der Waals surface area contributed by atoms with Gasteiger partial charge >= 0.3 is 0 Å². The average Bonchev–Trinajstić information content (AvgIpc) is 3.00. The monoisotopic (exact) mass is 418 g/mol. The molecule has 31 heavy (non-hydrogen) atoms. The van der Waals surface area contributed by atoms with E-state index in [4.69, 9.17) is 10.5 Å². The summed E-state index contributed by atoms with van der Waals surface area (Å²) in [6, 6.07) is 14.2. The summed E-state index contributed by atoms with van der Waals surface area (Å²) in [5.74, 6) is 0.836. The van der Waals surface area contributed by atoms with Gasteiger partial charge in [-0.25, -0.2) is 0 Å². The zero-order chi connectivity index (χ0) is 22.1. The van der Waals surface area contributed by atoms with E-state index in [-0.39, 0.29) is 17.8 Å². The van der Waals surface area contributed by atoms with Crippen LogP contribution < -0.4 is 10.5 Å². The van der Waals surface area contributed by atoms with E-state index >= 15 is 0 Å². The SMILES string of the molecule is Cc1cccc(Cc2c(C(N)=O)c3ccc(O[C@H]4CC[C@@H](C(C)=O)CC4)cc3n2C)c1. The summed E-state index contributed by atoms with van der Waals surface area (Å²) in [6.07, 6.45) is 4.31. The molecular weight excluding hydrogens is 388 g/mol. The number of carbonyl (C=O) groups is 2. The molecule has 162 valence electrons. The largest absolute Gasteiger partial charge is 0.490 e. The maximum atomic E-state index is 12.3. The molecular formula is C26H30N2O3. The van der Waals surface area contributed by atoms with Crippen LogP contribution in [0, 0.1) is 12.8 Å². The predicted molar refractivity (Wildman–Crippen MR) is 122 cm³/mol. The van der Waals surface area contributed by atoms with Gasteiger partial charge in [0, 0.05) is 36.5 Å². The number of aryl methyl sites for hydroxylation is 2. The van der Waals surface area contributed by atoms with Gasteiger partial charge < -0.3 is 15.0 Å². The van der Waals surface area contributed by atoms with Crippen molar-refractivity contribution in [1.82, 2.24) is 4.57 Å². The molecule has 0 saturated heterocycles. The lowest BCUT2D eigenvalue weighted by Gasteiger charge is -2.27. The smallest absolute Gasteiger partial charge is 0.251 e. The van der Waals surface area contributed by atoms with E-state index in [1.807, 2.05) is 31.3 Å². The third kappa shape index (κ3) is 4.36. The first kappa shape index (κ1) is 21.2. The van der Waals surface area contributed by atoms with Crippen molar-refractivity contribution in [1.29, 1.82) is 0 Å². The van der Waals surface area contributed by atoms with Gasteiger partial charge in [-0.2, -0.15) is 0 Å². The molecule has 2 aromatic carbocycles. The Balaban J connectivity index is 1.63. The number of aromatic nitrogens is 1. The molecule has 1 heterocycles. The molecule has 0 bridgehead atoms. The minimum Gasteiger partial charge on any atom is -0.490 e. The first-order valence-corrected chi connectivity index (χ1v) is 11.0. The Bertz CT molecular complexity index is 1140. The molecule has 5 nitrogen and oxygen atoms in total. The Morgan fingerprint density at radius 2 is 1.84 bits per heavy atom. The van der Waals surface area contributed by atoms with E-state index in [1.54, 1.807) is 6.92 Å². The van der Waals surface area contributed by atoms with Crippen molar-refractivity contribution in [2.45, 2.75) is 52.1 Å². The number of nitrogens with two attached hydrogens (primary N) is 1. The molecule has 0 atom stereocenters. The minimum absolute atomic E-state index is 0.121. The second-order valence-electron chi connectivity index (χ2n) is 8.79. The Kier molecular flexibility index (Phi) is 5.86. The Morgan fingerprint density at radius 1 is 1.10 bits per heavy atom. The van der Waals surface area contributed by atoms with Gasteiger partial charge in [-0.15, -0.1) is 0 Å². The number of ether oxygens (including phenoxy) is 1. The number of ketones is 1. The summed E-state index contributed by atoms with van der Waals surface area (Å²) in [5.41, 5.74) is 10.5. The van der Waals surface area contributed by atoms with Gasteiger partial charge in [0.15, 0.2) is 0 Å². The van der Waals surface area contributed by atoms with Crippen LogP contribution in [0.2, 0.25) is 0 Å². The maximum Gasteiger partial charge on any atom is 0.251 e. The Labute approximate surface area is 183 Å². The first-order valence-electron chi connectivity index (χ1n) is 11.0. The summed E-state index contributed by atoms with van der Waals surface area (Å²) < 4.78 is 8.30. The van der Waals surface area contributed by atoms with Gasteiger partial charge in [-0.3, -0.25) is 9.59 Å². The van der Waals surface area contributed by atoms with Crippen LogP contribution in [0.3, 0.4) is 0 Å². The van der Waals surface area contributed by atoms with Gasteiger partial charge in [0.1, 0.15) is 11.5 Å². The lowest BCUT2D eigenvalue weighted by atomic mass is 9.85. The van der Waals surface area contributed by atoms with E-state index in [9.17, 15) is 9.59 Å². The highest BCUT2D eigenvalue weighted by molar-refractivity contribution is 6.08. The minimum atomic E-state index is -0.413. The highest BCUT2D eigenvalue weighted by atomic mass is 16.5. The maximum absolute atomic E-state index is 12.3. The van der Waals surface area contributed by atoms with Crippen LogP contribution >= 0.6 is 0 Å². The van der Waals surface area contributed by atoms with Crippen LogP contribution in [0.4, 0.5) is 0 Å². The molecule has 1 amide bonds. The fourth-order valence-corrected chi connectivity index (χ4v) is 4.82. The quantitative estimate of drug-likeness (QED) is 0.630. The van der Waals surface area contributed by atoms with E-state index in [0.29, 0.717) is 12.0 Å². The van der Waals surface area contributed by atoms with Crippen molar-refractivity contribution in [3.8, 4) is 5.75 Å². The molecule has 0 spiro atoms. The van der Waals surface area contributed by atoms with Gasteiger partial charge in [0.05, 0.1) is 17.2 Å². The second-order valence-corrected chi connectivity index (χ2v) is 8.79. The van der Waals surface area contributed by atoms with Crippen molar-refractivity contribution >= 4 is 22.6 Å². The number of amides is 1. The lowest BCUT2D eigenvalue weighted by Crippen LogP contribution is -2.27. The average molecular weight is 419 g/mol. The fraction of sp³-hybridized carbons (Fsp3) is 0.385. The summed E-state index contributed by atoms with van der Waals surface area (Å²) >= 11 is 0. The van der Waals surface area contributed by atoms with E-state index in [0.717, 1.165) is 53.6 Å². The van der Waals surface area contributed by atoms with E-state index in [1.165, 1.54) is 5.56 Å². The van der Waals surface area contributed by atoms with Crippen LogP contribution in [-0.4, -0.2) is 22.4 Å². The van der Waals surface area contributed by atoms with Gasteiger partial charge in [0.25, 0.3) is 5.91 Å². The van der Waals surface area contributed by atoms with E-state index < -0.39 is 5.91 Å². The lowest BCUT2D eigenvalue weighted by molar-refractivity contribution is -0.122. The number of benzene rings is 2. The van der Waals surface area contributed by atoms with Crippen LogP contribution in [0.5, 0.6) is 5.75 Å². The number of carbonyl (C=O) groups excluding carboxylic acids is 2. The molecule has 0 radical (unpaired) electrons. The molecule has 0 unspecified atom stereocenters. The van der Waals surface area contributed by atoms with Crippen LogP contribution in [-0.2, 0) is 18.3 Å². The number of hydrogen-bond donors (Lipinski definition) is 1. The van der Waals surface area contributed by atoms with Gasteiger partial charge in [-0.1, -0.05) is 29.8 Å². The van der Waals surface area contributed by atoms with Crippen molar-refractivity contribution in [2.24, 2.45) is 18.7 Å². The normalized spacial score (nSPS) is 18.8. The van der Waals surface area contributed by atoms with Crippen LogP contribution in [0.25, 0.3) is 10.9 Å². The van der Waals surface area contributed by atoms with Crippen LogP contribution in [0.1, 0.15) is 59.8 Å². The van der Waals surface area contributed by atoms with E-state index in [2.05, 4.69) is 29.7 Å². The third-order valence-electron chi connectivity index (χ3n) is 6.55. The number of hydrogen-bond acceptors (Lipinski definition) is 3. The molecule has 1 fully saturated rings.